The number of esters is 1. The standard InChI is InChI=1S/C30H53N5O6/c1-17(2)19-15-20(25(37)32-14-13-22(31)36)35(16-19)26(38)23(29(4,5)6)33-28(40)34-24(30(7,8)9)27(39)41-21-12-10-11-18(21)3/h17-21,23-24H,10-16H2,1-9H3,(H2,31,36)(H,32,37)(H2,33,34,40)/t18-,19-,20+,21?,23-,24-/m1/s1. The monoisotopic (exact) mass is 579 g/mol. The van der Waals surface area contributed by atoms with E-state index in [9.17, 15) is 24.0 Å². The maximum absolute atomic E-state index is 14.0. The summed E-state index contributed by atoms with van der Waals surface area (Å²) in [4.78, 5) is 66.3. The molecule has 2 fully saturated rings. The summed E-state index contributed by atoms with van der Waals surface area (Å²) in [7, 11) is 0. The molecule has 1 unspecified atom stereocenters. The molecular weight excluding hydrogens is 526 g/mol. The van der Waals surface area contributed by atoms with E-state index in [1.165, 1.54) is 4.90 Å². The molecule has 5 amide bonds. The maximum atomic E-state index is 14.0. The van der Waals surface area contributed by atoms with Crippen LogP contribution in [-0.4, -0.2) is 71.9 Å². The molecule has 234 valence electrons. The van der Waals surface area contributed by atoms with Crippen molar-refractivity contribution in [3.05, 3.63) is 0 Å². The van der Waals surface area contributed by atoms with Crippen LogP contribution in [0.15, 0.2) is 0 Å². The number of nitrogens with one attached hydrogen (secondary N) is 3. The predicted molar refractivity (Wildman–Crippen MR) is 156 cm³/mol. The van der Waals surface area contributed by atoms with Crippen molar-refractivity contribution in [2.24, 2.45) is 34.3 Å². The Balaban J connectivity index is 2.22. The van der Waals surface area contributed by atoms with Gasteiger partial charge < -0.3 is 31.3 Å². The quantitative estimate of drug-likeness (QED) is 0.291. The number of hydrogen-bond acceptors (Lipinski definition) is 6. The molecule has 0 aromatic heterocycles. The van der Waals surface area contributed by atoms with Gasteiger partial charge in [0.1, 0.15) is 24.2 Å². The Morgan fingerprint density at radius 2 is 1.54 bits per heavy atom. The summed E-state index contributed by atoms with van der Waals surface area (Å²) in [5, 5.41) is 8.31. The number of urea groups is 1. The van der Waals surface area contributed by atoms with Crippen LogP contribution in [0.25, 0.3) is 0 Å². The highest BCUT2D eigenvalue weighted by Crippen LogP contribution is 2.33. The van der Waals surface area contributed by atoms with Gasteiger partial charge in [-0.3, -0.25) is 14.4 Å². The number of amides is 5. The van der Waals surface area contributed by atoms with E-state index < -0.39 is 46.9 Å². The Bertz CT molecular complexity index is 969. The van der Waals surface area contributed by atoms with Crippen LogP contribution in [0.1, 0.15) is 94.4 Å². The molecule has 0 spiro atoms. The van der Waals surface area contributed by atoms with Crippen LogP contribution in [0.3, 0.4) is 0 Å². The Morgan fingerprint density at radius 3 is 2.02 bits per heavy atom. The summed E-state index contributed by atoms with van der Waals surface area (Å²) in [6, 6.07) is -3.28. The van der Waals surface area contributed by atoms with Crippen molar-refractivity contribution in [2.75, 3.05) is 13.1 Å². The molecule has 11 nitrogen and oxygen atoms in total. The van der Waals surface area contributed by atoms with Crippen molar-refractivity contribution in [1.29, 1.82) is 0 Å². The zero-order valence-electron chi connectivity index (χ0n) is 26.5. The van der Waals surface area contributed by atoms with E-state index in [1.54, 1.807) is 0 Å². The number of ether oxygens (including phenoxy) is 1. The molecule has 0 radical (unpaired) electrons. The average Bonchev–Trinajstić information content (AvgIpc) is 3.45. The lowest BCUT2D eigenvalue weighted by atomic mass is 9.85. The van der Waals surface area contributed by atoms with Crippen molar-refractivity contribution in [3.8, 4) is 0 Å². The highest BCUT2D eigenvalue weighted by atomic mass is 16.5. The van der Waals surface area contributed by atoms with Gasteiger partial charge in [-0.2, -0.15) is 0 Å². The van der Waals surface area contributed by atoms with Gasteiger partial charge >= 0.3 is 12.0 Å². The van der Waals surface area contributed by atoms with Crippen LogP contribution in [0.2, 0.25) is 0 Å². The molecule has 1 aliphatic heterocycles. The van der Waals surface area contributed by atoms with E-state index in [-0.39, 0.29) is 48.6 Å². The van der Waals surface area contributed by atoms with E-state index in [1.807, 2.05) is 55.4 Å². The molecule has 1 aliphatic carbocycles. The van der Waals surface area contributed by atoms with E-state index in [0.717, 1.165) is 19.3 Å². The highest BCUT2D eigenvalue weighted by molar-refractivity contribution is 5.93. The van der Waals surface area contributed by atoms with E-state index in [0.29, 0.717) is 13.0 Å². The lowest BCUT2D eigenvalue weighted by Gasteiger charge is -2.36. The van der Waals surface area contributed by atoms with Gasteiger partial charge in [0.25, 0.3) is 0 Å². The van der Waals surface area contributed by atoms with Gasteiger partial charge in [0, 0.05) is 19.5 Å². The first-order valence-electron chi connectivity index (χ1n) is 15.0. The molecule has 6 atom stereocenters. The molecule has 1 saturated heterocycles. The minimum absolute atomic E-state index is 0.00337. The van der Waals surface area contributed by atoms with Gasteiger partial charge in [0.2, 0.25) is 17.7 Å². The Kier molecular flexibility index (Phi) is 11.6. The number of primary amides is 1. The van der Waals surface area contributed by atoms with E-state index in [2.05, 4.69) is 22.9 Å². The zero-order valence-corrected chi connectivity index (χ0v) is 26.5. The van der Waals surface area contributed by atoms with Crippen LogP contribution in [0, 0.1) is 28.6 Å². The summed E-state index contributed by atoms with van der Waals surface area (Å²) in [6.45, 7) is 17.7. The number of carbonyl (C=O) groups excluding carboxylic acids is 5. The van der Waals surface area contributed by atoms with Crippen LogP contribution in [0.4, 0.5) is 4.79 Å². The molecule has 2 aliphatic rings. The van der Waals surface area contributed by atoms with Crippen LogP contribution in [-0.2, 0) is 23.9 Å². The summed E-state index contributed by atoms with van der Waals surface area (Å²) in [6.07, 6.45) is 3.12. The van der Waals surface area contributed by atoms with Gasteiger partial charge in [-0.15, -0.1) is 0 Å². The molecule has 0 bridgehead atoms. The molecule has 1 saturated carbocycles. The van der Waals surface area contributed by atoms with Gasteiger partial charge in [-0.25, -0.2) is 9.59 Å². The van der Waals surface area contributed by atoms with Crippen LogP contribution in [0.5, 0.6) is 0 Å². The van der Waals surface area contributed by atoms with Gasteiger partial charge in [0.05, 0.1) is 0 Å². The van der Waals surface area contributed by atoms with Gasteiger partial charge in [-0.1, -0.05) is 62.3 Å². The second-order valence-corrected chi connectivity index (χ2v) is 14.4. The second-order valence-electron chi connectivity index (χ2n) is 14.4. The molecule has 11 heteroatoms. The molecule has 0 aromatic rings. The predicted octanol–water partition coefficient (Wildman–Crippen LogP) is 2.71. The Hall–Kier alpha value is -2.85. The smallest absolute Gasteiger partial charge is 0.329 e. The van der Waals surface area contributed by atoms with Crippen molar-refractivity contribution in [3.63, 3.8) is 0 Å². The number of rotatable bonds is 10. The SMILES string of the molecule is CC(C)[C@@H]1C[C@@H](C(=O)NCCC(N)=O)N(C(=O)[C@@H](NC(=O)N[C@H](C(=O)OC2CCC[C@H]2C)C(C)(C)C)C(C)(C)C)C1. The first-order valence-corrected chi connectivity index (χ1v) is 15.0. The van der Waals surface area contributed by atoms with Crippen molar-refractivity contribution < 1.29 is 28.7 Å². The molecule has 0 aromatic carbocycles. The Morgan fingerprint density at radius 1 is 0.951 bits per heavy atom. The topological polar surface area (TPSA) is 160 Å². The number of carbonyl (C=O) groups is 5. The summed E-state index contributed by atoms with van der Waals surface area (Å²) in [5.41, 5.74) is 3.87. The lowest BCUT2D eigenvalue weighted by molar-refractivity contribution is -0.155. The van der Waals surface area contributed by atoms with E-state index in [4.69, 9.17) is 10.5 Å². The summed E-state index contributed by atoms with van der Waals surface area (Å²) >= 11 is 0. The number of nitrogens with zero attached hydrogens (tertiary/aromatic N) is 1. The maximum Gasteiger partial charge on any atom is 0.329 e. The molecular formula is C30H53N5O6. The van der Waals surface area contributed by atoms with Crippen molar-refractivity contribution in [2.45, 2.75) is 119 Å². The Labute approximate surface area is 245 Å². The zero-order chi connectivity index (χ0) is 31.3. The van der Waals surface area contributed by atoms with Crippen molar-refractivity contribution >= 4 is 29.7 Å². The minimum atomic E-state index is -0.971. The van der Waals surface area contributed by atoms with Gasteiger partial charge in [-0.05, 0) is 54.3 Å². The second kappa shape index (κ2) is 13.9. The van der Waals surface area contributed by atoms with Gasteiger partial charge in [0.15, 0.2) is 0 Å². The first kappa shape index (κ1) is 34.4. The fraction of sp³-hybridized carbons (Fsp3) is 0.833. The van der Waals surface area contributed by atoms with Crippen LogP contribution < -0.4 is 21.7 Å². The third-order valence-corrected chi connectivity index (χ3v) is 8.35. The van der Waals surface area contributed by atoms with Crippen LogP contribution >= 0.6 is 0 Å². The lowest BCUT2D eigenvalue weighted by Crippen LogP contribution is -2.61. The fourth-order valence-electron chi connectivity index (χ4n) is 5.52. The third-order valence-electron chi connectivity index (χ3n) is 8.35. The molecule has 2 rings (SSSR count). The molecule has 1 heterocycles. The van der Waals surface area contributed by atoms with E-state index >= 15 is 0 Å². The first-order chi connectivity index (χ1) is 18.8. The number of nitrogens with two attached hydrogens (primary N) is 1. The normalized spacial score (nSPS) is 24.5. The largest absolute Gasteiger partial charge is 0.461 e. The highest BCUT2D eigenvalue weighted by Gasteiger charge is 2.46. The fourth-order valence-corrected chi connectivity index (χ4v) is 5.52. The number of hydrogen-bond donors (Lipinski definition) is 4. The summed E-state index contributed by atoms with van der Waals surface area (Å²) < 4.78 is 5.81. The number of likely N-dealkylation sites (tertiary alicyclic amines) is 1. The molecule has 41 heavy (non-hydrogen) atoms. The van der Waals surface area contributed by atoms with Crippen molar-refractivity contribution in [1.82, 2.24) is 20.9 Å². The average molecular weight is 580 g/mol. The summed E-state index contributed by atoms with van der Waals surface area (Å²) in [5.74, 6) is -1.14. The molecule has 5 N–H and O–H groups in total. The minimum Gasteiger partial charge on any atom is -0.461 e. The third kappa shape index (κ3) is 9.60.